The third-order valence-corrected chi connectivity index (χ3v) is 5.88. The maximum Gasteiger partial charge on any atom is 0.133 e. The van der Waals surface area contributed by atoms with Gasteiger partial charge in [0, 0.05) is 12.8 Å². The minimum atomic E-state index is 0.0326. The molecule has 0 aliphatic rings. The lowest BCUT2D eigenvalue weighted by Gasteiger charge is -2.34. The van der Waals surface area contributed by atoms with Gasteiger partial charge in [-0.25, -0.2) is 0 Å². The second-order valence-electron chi connectivity index (χ2n) is 10.2. The van der Waals surface area contributed by atoms with Crippen molar-refractivity contribution in [3.8, 4) is 5.75 Å². The number of carbonyl (C=O) groups is 1. The van der Waals surface area contributed by atoms with Crippen LogP contribution in [0.5, 0.6) is 5.75 Å². The Hall–Kier alpha value is -2.09. The van der Waals surface area contributed by atoms with Gasteiger partial charge in [0.1, 0.15) is 18.1 Å². The van der Waals surface area contributed by atoms with Crippen molar-refractivity contribution in [2.75, 3.05) is 0 Å². The molecular weight excluding hydrogens is 356 g/mol. The molecule has 0 radical (unpaired) electrons. The molecule has 2 nitrogen and oxygen atoms in total. The van der Waals surface area contributed by atoms with E-state index in [1.807, 2.05) is 18.2 Å². The van der Waals surface area contributed by atoms with Gasteiger partial charge in [-0.1, -0.05) is 84.0 Å². The molecule has 0 bridgehead atoms. The van der Waals surface area contributed by atoms with Gasteiger partial charge >= 0.3 is 0 Å². The third-order valence-electron chi connectivity index (χ3n) is 5.88. The lowest BCUT2D eigenvalue weighted by molar-refractivity contribution is -0.123. The second-order valence-corrected chi connectivity index (χ2v) is 10.2. The van der Waals surface area contributed by atoms with Crippen LogP contribution >= 0.6 is 0 Å². The summed E-state index contributed by atoms with van der Waals surface area (Å²) in [6.45, 7) is 13.8. The first-order valence-corrected chi connectivity index (χ1v) is 10.8. The molecule has 0 heterocycles. The lowest BCUT2D eigenvalue weighted by Crippen LogP contribution is -2.29. The SMILES string of the molecule is CC(C)C(C)(CCc1ccc(OCc2ccccc2)cc1)CC(=O)CC(C)(C)C. The van der Waals surface area contributed by atoms with Crippen molar-refractivity contribution in [3.63, 3.8) is 0 Å². The van der Waals surface area contributed by atoms with Gasteiger partial charge in [0.15, 0.2) is 0 Å². The molecule has 2 rings (SSSR count). The van der Waals surface area contributed by atoms with E-state index < -0.39 is 0 Å². The van der Waals surface area contributed by atoms with Crippen LogP contribution in [-0.2, 0) is 17.8 Å². The van der Waals surface area contributed by atoms with Crippen LogP contribution in [0.1, 0.15) is 71.9 Å². The molecule has 0 aromatic heterocycles. The molecule has 0 fully saturated rings. The zero-order valence-corrected chi connectivity index (χ0v) is 19.1. The summed E-state index contributed by atoms with van der Waals surface area (Å²) >= 11 is 0. The number of carbonyl (C=O) groups excluding carboxylic acids is 1. The van der Waals surface area contributed by atoms with Gasteiger partial charge in [0.05, 0.1) is 0 Å². The van der Waals surface area contributed by atoms with Crippen molar-refractivity contribution >= 4 is 5.78 Å². The molecule has 1 unspecified atom stereocenters. The molecule has 0 amide bonds. The third kappa shape index (κ3) is 8.04. The van der Waals surface area contributed by atoms with Crippen LogP contribution in [0.15, 0.2) is 54.6 Å². The van der Waals surface area contributed by atoms with E-state index >= 15 is 0 Å². The average Bonchev–Trinajstić information content (AvgIpc) is 2.64. The van der Waals surface area contributed by atoms with E-state index in [2.05, 4.69) is 77.9 Å². The summed E-state index contributed by atoms with van der Waals surface area (Å²) in [5, 5.41) is 0. The smallest absolute Gasteiger partial charge is 0.133 e. The predicted molar refractivity (Wildman–Crippen MR) is 122 cm³/mol. The maximum atomic E-state index is 12.6. The highest BCUT2D eigenvalue weighted by Gasteiger charge is 2.31. The van der Waals surface area contributed by atoms with E-state index in [4.69, 9.17) is 4.74 Å². The normalized spacial score (nSPS) is 13.9. The Kier molecular flexibility index (Phi) is 8.07. The van der Waals surface area contributed by atoms with E-state index in [1.165, 1.54) is 11.1 Å². The van der Waals surface area contributed by atoms with Gasteiger partial charge in [0.25, 0.3) is 0 Å². The molecule has 0 aliphatic heterocycles. The summed E-state index contributed by atoms with van der Waals surface area (Å²) in [7, 11) is 0. The number of hydrogen-bond donors (Lipinski definition) is 0. The molecule has 1 atom stereocenters. The van der Waals surface area contributed by atoms with Crippen molar-refractivity contribution < 1.29 is 9.53 Å². The Morgan fingerprint density at radius 2 is 1.48 bits per heavy atom. The number of ether oxygens (including phenoxy) is 1. The molecule has 29 heavy (non-hydrogen) atoms. The Labute approximate surface area is 177 Å². The molecule has 0 spiro atoms. The molecule has 2 aromatic carbocycles. The van der Waals surface area contributed by atoms with E-state index in [1.54, 1.807) is 0 Å². The van der Waals surface area contributed by atoms with Crippen LogP contribution in [0.25, 0.3) is 0 Å². The number of benzene rings is 2. The van der Waals surface area contributed by atoms with Crippen molar-refractivity contribution in [2.24, 2.45) is 16.7 Å². The summed E-state index contributed by atoms with van der Waals surface area (Å²) in [5.74, 6) is 1.75. The molecule has 0 saturated heterocycles. The Bertz CT molecular complexity index is 753. The summed E-state index contributed by atoms with van der Waals surface area (Å²) in [4.78, 5) is 12.6. The second kappa shape index (κ2) is 10.1. The quantitative estimate of drug-likeness (QED) is 0.424. The van der Waals surface area contributed by atoms with Crippen molar-refractivity contribution in [1.82, 2.24) is 0 Å². The van der Waals surface area contributed by atoms with Crippen molar-refractivity contribution in [1.29, 1.82) is 0 Å². The minimum absolute atomic E-state index is 0.0326. The first kappa shape index (κ1) is 23.2. The first-order valence-electron chi connectivity index (χ1n) is 10.8. The zero-order chi connectivity index (χ0) is 21.5. The monoisotopic (exact) mass is 394 g/mol. The fourth-order valence-electron chi connectivity index (χ4n) is 3.61. The van der Waals surface area contributed by atoms with Crippen molar-refractivity contribution in [2.45, 2.75) is 73.8 Å². The van der Waals surface area contributed by atoms with E-state index in [0.717, 1.165) is 18.6 Å². The molecule has 2 heteroatoms. The van der Waals surface area contributed by atoms with Crippen LogP contribution in [0.2, 0.25) is 0 Å². The Morgan fingerprint density at radius 3 is 2.03 bits per heavy atom. The van der Waals surface area contributed by atoms with Gasteiger partial charge in [0.2, 0.25) is 0 Å². The van der Waals surface area contributed by atoms with Gasteiger partial charge in [-0.2, -0.15) is 0 Å². The first-order chi connectivity index (χ1) is 13.6. The number of Topliss-reactive ketones (excluding diaryl/α,β-unsaturated/α-hetero) is 1. The number of aryl methyl sites for hydroxylation is 1. The highest BCUT2D eigenvalue weighted by molar-refractivity contribution is 5.79. The molecule has 2 aromatic rings. The highest BCUT2D eigenvalue weighted by atomic mass is 16.5. The molecular formula is C27H38O2. The van der Waals surface area contributed by atoms with Gasteiger partial charge in [-0.05, 0) is 52.8 Å². The minimum Gasteiger partial charge on any atom is -0.489 e. The van der Waals surface area contributed by atoms with Gasteiger partial charge in [-0.3, -0.25) is 4.79 Å². The fraction of sp³-hybridized carbons (Fsp3) is 0.519. The molecule has 158 valence electrons. The number of rotatable bonds is 10. The summed E-state index contributed by atoms with van der Waals surface area (Å²) < 4.78 is 5.89. The molecule has 0 N–H and O–H groups in total. The number of ketones is 1. The van der Waals surface area contributed by atoms with Crippen molar-refractivity contribution in [3.05, 3.63) is 65.7 Å². The average molecular weight is 395 g/mol. The summed E-state index contributed by atoms with van der Waals surface area (Å²) in [6, 6.07) is 18.6. The van der Waals surface area contributed by atoms with Crippen LogP contribution in [0.4, 0.5) is 0 Å². The maximum absolute atomic E-state index is 12.6. The standard InChI is InChI=1S/C27H38O2/c1-21(2)27(6,19-24(28)18-26(3,4)5)17-16-22-12-14-25(15-13-22)29-20-23-10-8-7-9-11-23/h7-15,21H,16-20H2,1-6H3. The van der Waals surface area contributed by atoms with Gasteiger partial charge in [-0.15, -0.1) is 0 Å². The Morgan fingerprint density at radius 1 is 0.862 bits per heavy atom. The zero-order valence-electron chi connectivity index (χ0n) is 19.1. The topological polar surface area (TPSA) is 26.3 Å². The largest absolute Gasteiger partial charge is 0.489 e. The molecule has 0 aliphatic carbocycles. The van der Waals surface area contributed by atoms with Crippen LogP contribution in [0.3, 0.4) is 0 Å². The summed E-state index contributed by atoms with van der Waals surface area (Å²) in [5.41, 5.74) is 2.56. The summed E-state index contributed by atoms with van der Waals surface area (Å²) in [6.07, 6.45) is 3.32. The van der Waals surface area contributed by atoms with E-state index in [-0.39, 0.29) is 10.8 Å². The van der Waals surface area contributed by atoms with Crippen LogP contribution in [0, 0.1) is 16.7 Å². The molecule has 0 saturated carbocycles. The van der Waals surface area contributed by atoms with E-state index in [9.17, 15) is 4.79 Å². The fourth-order valence-corrected chi connectivity index (χ4v) is 3.61. The highest BCUT2D eigenvalue weighted by Crippen LogP contribution is 2.38. The number of hydrogen-bond acceptors (Lipinski definition) is 2. The van der Waals surface area contributed by atoms with Gasteiger partial charge < -0.3 is 4.74 Å². The predicted octanol–water partition coefficient (Wildman–Crippen LogP) is 7.26. The van der Waals surface area contributed by atoms with Crippen LogP contribution in [-0.4, -0.2) is 5.78 Å². The van der Waals surface area contributed by atoms with Crippen LogP contribution < -0.4 is 4.74 Å². The van der Waals surface area contributed by atoms with E-state index in [0.29, 0.717) is 31.1 Å². The lowest BCUT2D eigenvalue weighted by atomic mass is 9.70. The Balaban J connectivity index is 1.91.